The zero-order chi connectivity index (χ0) is 16.3. The van der Waals surface area contributed by atoms with Crippen LogP contribution in [0.1, 0.15) is 36.1 Å². The number of hydrogen-bond donors (Lipinski definition) is 2. The second-order valence-electron chi connectivity index (χ2n) is 5.78. The average Bonchev–Trinajstić information content (AvgIpc) is 2.92. The quantitative estimate of drug-likeness (QED) is 0.819. The van der Waals surface area contributed by atoms with Gasteiger partial charge in [-0.05, 0) is 30.9 Å². The fraction of sp³-hybridized carbons (Fsp3) is 0.643. The van der Waals surface area contributed by atoms with E-state index in [9.17, 15) is 13.2 Å². The summed E-state index contributed by atoms with van der Waals surface area (Å²) in [5.41, 5.74) is 5.80. The third-order valence-electron chi connectivity index (χ3n) is 4.00. The summed E-state index contributed by atoms with van der Waals surface area (Å²) >= 11 is 0. The van der Waals surface area contributed by atoms with Crippen LogP contribution in [0.15, 0.2) is 16.5 Å². The van der Waals surface area contributed by atoms with Crippen molar-refractivity contribution in [3.63, 3.8) is 0 Å². The first-order valence-corrected chi connectivity index (χ1v) is 9.25. The molecule has 7 nitrogen and oxygen atoms in total. The molecule has 0 aromatic carbocycles. The first kappa shape index (κ1) is 17.0. The van der Waals surface area contributed by atoms with Gasteiger partial charge in [0, 0.05) is 19.1 Å². The lowest BCUT2D eigenvalue weighted by atomic mass is 9.90. The minimum absolute atomic E-state index is 0.0175. The molecule has 8 heteroatoms. The average molecular weight is 329 g/mol. The topological polar surface area (TPSA) is 106 Å². The van der Waals surface area contributed by atoms with Crippen LogP contribution < -0.4 is 10.5 Å². The van der Waals surface area contributed by atoms with Crippen molar-refractivity contribution in [2.75, 3.05) is 19.3 Å². The van der Waals surface area contributed by atoms with Gasteiger partial charge < -0.3 is 15.1 Å². The maximum Gasteiger partial charge on any atom is 0.289 e. The lowest BCUT2D eigenvalue weighted by Gasteiger charge is -2.38. The first-order valence-electron chi connectivity index (χ1n) is 7.36. The summed E-state index contributed by atoms with van der Waals surface area (Å²) < 4.78 is 29.9. The van der Waals surface area contributed by atoms with Crippen molar-refractivity contribution >= 4 is 15.9 Å². The van der Waals surface area contributed by atoms with Gasteiger partial charge in [-0.2, -0.15) is 0 Å². The highest BCUT2D eigenvalue weighted by atomic mass is 32.2. The molecule has 0 unspecified atom stereocenters. The third-order valence-corrected chi connectivity index (χ3v) is 4.67. The number of nitrogens with zero attached hydrogens (tertiary/aromatic N) is 1. The number of sulfonamides is 1. The predicted octanol–water partition coefficient (Wildman–Crippen LogP) is 0.528. The molecular formula is C14H23N3O4S. The maximum absolute atomic E-state index is 12.6. The molecule has 3 N–H and O–H groups in total. The summed E-state index contributed by atoms with van der Waals surface area (Å²) in [6.45, 7) is 3.22. The van der Waals surface area contributed by atoms with Gasteiger partial charge in [0.25, 0.3) is 5.91 Å². The second kappa shape index (κ2) is 6.80. The zero-order valence-corrected chi connectivity index (χ0v) is 13.7. The summed E-state index contributed by atoms with van der Waals surface area (Å²) in [4.78, 5) is 14.3. The van der Waals surface area contributed by atoms with Gasteiger partial charge in [-0.15, -0.1) is 0 Å². The van der Waals surface area contributed by atoms with Gasteiger partial charge >= 0.3 is 0 Å². The first-order chi connectivity index (χ1) is 10.3. The van der Waals surface area contributed by atoms with Crippen LogP contribution in [0, 0.1) is 5.92 Å². The summed E-state index contributed by atoms with van der Waals surface area (Å²) in [6.07, 6.45) is 3.09. The Morgan fingerprint density at radius 3 is 2.86 bits per heavy atom. The van der Waals surface area contributed by atoms with E-state index in [0.29, 0.717) is 24.8 Å². The fourth-order valence-corrected chi connectivity index (χ4v) is 3.20. The number of hydrogen-bond acceptors (Lipinski definition) is 5. The summed E-state index contributed by atoms with van der Waals surface area (Å²) in [6, 6.07) is 3.20. The van der Waals surface area contributed by atoms with Crippen LogP contribution in [-0.2, 0) is 16.6 Å². The molecule has 0 spiro atoms. The number of rotatable bonds is 5. The van der Waals surface area contributed by atoms with Gasteiger partial charge in [-0.1, -0.05) is 6.92 Å². The molecule has 1 aliphatic rings. The number of likely N-dealkylation sites (tertiary alicyclic amines) is 1. The molecule has 1 aromatic rings. The van der Waals surface area contributed by atoms with Crippen molar-refractivity contribution in [1.29, 1.82) is 0 Å². The minimum Gasteiger partial charge on any atom is -0.455 e. The second-order valence-corrected chi connectivity index (χ2v) is 7.61. The molecule has 0 radical (unpaired) electrons. The number of carbonyl (C=O) groups is 1. The monoisotopic (exact) mass is 329 g/mol. The lowest BCUT2D eigenvalue weighted by molar-refractivity contribution is 0.0499. The molecule has 1 fully saturated rings. The van der Waals surface area contributed by atoms with E-state index in [1.807, 2.05) is 0 Å². The van der Waals surface area contributed by atoms with Gasteiger partial charge in [0.15, 0.2) is 5.76 Å². The smallest absolute Gasteiger partial charge is 0.289 e. The largest absolute Gasteiger partial charge is 0.455 e. The van der Waals surface area contributed by atoms with Gasteiger partial charge in [0.2, 0.25) is 10.0 Å². The van der Waals surface area contributed by atoms with Gasteiger partial charge in [0.1, 0.15) is 5.76 Å². The van der Waals surface area contributed by atoms with Crippen molar-refractivity contribution in [1.82, 2.24) is 9.62 Å². The summed E-state index contributed by atoms with van der Waals surface area (Å²) in [5, 5.41) is 0. The molecule has 124 valence electrons. The molecule has 2 rings (SSSR count). The molecule has 0 saturated carbocycles. The number of amides is 1. The van der Waals surface area contributed by atoms with Gasteiger partial charge in [0.05, 0.1) is 12.8 Å². The van der Waals surface area contributed by atoms with Crippen LogP contribution in [0.25, 0.3) is 0 Å². The van der Waals surface area contributed by atoms with Crippen LogP contribution in [0.4, 0.5) is 0 Å². The standard InChI is InChI=1S/C14H23N3O4S/c1-10-4-3-7-17(12(10)8-15)14(18)13-6-5-11(21-13)9-16-22(2,19)20/h5-6,10,12,16H,3-4,7-9,15H2,1-2H3/t10-,12+/m0/s1. The van der Waals surface area contributed by atoms with Gasteiger partial charge in [-0.3, -0.25) is 4.79 Å². The molecule has 22 heavy (non-hydrogen) atoms. The molecule has 1 aliphatic heterocycles. The van der Waals surface area contributed by atoms with Crippen LogP contribution in [0.2, 0.25) is 0 Å². The highest BCUT2D eigenvalue weighted by molar-refractivity contribution is 7.88. The Morgan fingerprint density at radius 1 is 1.50 bits per heavy atom. The minimum atomic E-state index is -3.30. The summed E-state index contributed by atoms with van der Waals surface area (Å²) in [7, 11) is -3.30. The molecule has 1 amide bonds. The van der Waals surface area contributed by atoms with Crippen molar-refractivity contribution in [2.45, 2.75) is 32.4 Å². The van der Waals surface area contributed by atoms with Crippen LogP contribution in [-0.4, -0.2) is 44.6 Å². The number of furan rings is 1. The van der Waals surface area contributed by atoms with E-state index >= 15 is 0 Å². The van der Waals surface area contributed by atoms with E-state index in [1.165, 1.54) is 0 Å². The van der Waals surface area contributed by atoms with Crippen molar-refractivity contribution in [3.05, 3.63) is 23.7 Å². The Bertz CT molecular complexity index is 626. The Balaban J connectivity index is 2.07. The zero-order valence-electron chi connectivity index (χ0n) is 12.9. The Labute approximate surface area is 130 Å². The normalized spacial score (nSPS) is 22.8. The molecule has 1 saturated heterocycles. The van der Waals surface area contributed by atoms with E-state index in [1.54, 1.807) is 17.0 Å². The Hall–Kier alpha value is -1.38. The highest BCUT2D eigenvalue weighted by Gasteiger charge is 2.32. The fourth-order valence-electron chi connectivity index (χ4n) is 2.79. The van der Waals surface area contributed by atoms with E-state index in [0.717, 1.165) is 19.1 Å². The van der Waals surface area contributed by atoms with Crippen molar-refractivity contribution < 1.29 is 17.6 Å². The Kier molecular flexibility index (Phi) is 5.25. The Morgan fingerprint density at radius 2 is 2.23 bits per heavy atom. The van der Waals surface area contributed by atoms with Gasteiger partial charge in [-0.25, -0.2) is 13.1 Å². The predicted molar refractivity (Wildman–Crippen MR) is 82.7 cm³/mol. The molecule has 1 aromatic heterocycles. The van der Waals surface area contributed by atoms with Crippen molar-refractivity contribution in [2.24, 2.45) is 11.7 Å². The highest BCUT2D eigenvalue weighted by Crippen LogP contribution is 2.24. The SMILES string of the molecule is C[C@H]1CCCN(C(=O)c2ccc(CNS(C)(=O)=O)o2)[C@@H]1CN. The lowest BCUT2D eigenvalue weighted by Crippen LogP contribution is -2.51. The van der Waals surface area contributed by atoms with Crippen LogP contribution in [0.5, 0.6) is 0 Å². The number of nitrogens with two attached hydrogens (primary N) is 1. The molecule has 2 atom stereocenters. The number of carbonyl (C=O) groups excluding carboxylic acids is 1. The van der Waals surface area contributed by atoms with E-state index in [-0.39, 0.29) is 24.3 Å². The van der Waals surface area contributed by atoms with E-state index in [4.69, 9.17) is 10.2 Å². The molecule has 2 heterocycles. The van der Waals surface area contributed by atoms with Crippen molar-refractivity contribution in [3.8, 4) is 0 Å². The van der Waals surface area contributed by atoms with Crippen LogP contribution >= 0.6 is 0 Å². The summed E-state index contributed by atoms with van der Waals surface area (Å²) in [5.74, 6) is 0.803. The molecule has 0 aliphatic carbocycles. The van der Waals surface area contributed by atoms with Crippen LogP contribution in [0.3, 0.4) is 0 Å². The molecular weight excluding hydrogens is 306 g/mol. The van der Waals surface area contributed by atoms with E-state index in [2.05, 4.69) is 11.6 Å². The molecule has 0 bridgehead atoms. The third kappa shape index (κ3) is 4.08. The maximum atomic E-state index is 12.6. The number of piperidine rings is 1. The van der Waals surface area contributed by atoms with E-state index < -0.39 is 10.0 Å². The number of nitrogens with one attached hydrogen (secondary N) is 1.